The zero-order chi connectivity index (χ0) is 8.97. The first-order valence-electron chi connectivity index (χ1n) is 4.15. The molecule has 0 bridgehead atoms. The van der Waals surface area contributed by atoms with Crippen molar-refractivity contribution in [3.8, 4) is 0 Å². The van der Waals surface area contributed by atoms with E-state index in [0.717, 1.165) is 25.0 Å². The maximum Gasteiger partial charge on any atom is 0.330 e. The summed E-state index contributed by atoms with van der Waals surface area (Å²) >= 11 is 0. The van der Waals surface area contributed by atoms with Crippen molar-refractivity contribution in [2.75, 3.05) is 13.7 Å². The number of ether oxygens (including phenoxy) is 2. The van der Waals surface area contributed by atoms with Gasteiger partial charge in [-0.1, -0.05) is 12.5 Å². The van der Waals surface area contributed by atoms with Gasteiger partial charge in [-0.3, -0.25) is 0 Å². The monoisotopic (exact) mass is 170 g/mol. The van der Waals surface area contributed by atoms with Gasteiger partial charge in [0.05, 0.1) is 19.8 Å². The highest BCUT2D eigenvalue weighted by Gasteiger charge is 2.23. The smallest absolute Gasteiger partial charge is 0.330 e. The molecule has 12 heavy (non-hydrogen) atoms. The van der Waals surface area contributed by atoms with Gasteiger partial charge in [-0.25, -0.2) is 4.79 Å². The molecular formula is C9H14O3. The molecule has 1 aliphatic rings. The van der Waals surface area contributed by atoms with Crippen LogP contribution in [0, 0.1) is 0 Å². The van der Waals surface area contributed by atoms with E-state index in [1.54, 1.807) is 6.08 Å². The highest BCUT2D eigenvalue weighted by Crippen LogP contribution is 2.20. The normalized spacial score (nSPS) is 22.2. The van der Waals surface area contributed by atoms with E-state index in [0.29, 0.717) is 6.10 Å². The molecule has 1 aliphatic heterocycles. The number of hydrogen-bond acceptors (Lipinski definition) is 3. The molecule has 1 fully saturated rings. The van der Waals surface area contributed by atoms with Crippen LogP contribution in [0.3, 0.4) is 0 Å². The van der Waals surface area contributed by atoms with E-state index in [1.165, 1.54) is 7.11 Å². The number of hydrogen-bond donors (Lipinski definition) is 0. The predicted molar refractivity (Wildman–Crippen MR) is 44.7 cm³/mol. The molecule has 3 heteroatoms. The van der Waals surface area contributed by atoms with Gasteiger partial charge in [0, 0.05) is 6.08 Å². The Morgan fingerprint density at radius 3 is 2.83 bits per heavy atom. The lowest BCUT2D eigenvalue weighted by molar-refractivity contribution is -0.134. The van der Waals surface area contributed by atoms with Gasteiger partial charge in [0.1, 0.15) is 0 Å². The second-order valence-corrected chi connectivity index (χ2v) is 2.84. The lowest BCUT2D eigenvalue weighted by atomic mass is 10.1. The SMILES string of the molecule is CCC(=CC(=O)OC)CC1CO1. The third-order valence-electron chi connectivity index (χ3n) is 1.87. The van der Waals surface area contributed by atoms with E-state index in [2.05, 4.69) is 4.74 Å². The fourth-order valence-electron chi connectivity index (χ4n) is 1.01. The summed E-state index contributed by atoms with van der Waals surface area (Å²) in [6.45, 7) is 2.86. The Labute approximate surface area is 72.4 Å². The van der Waals surface area contributed by atoms with E-state index < -0.39 is 0 Å². The molecule has 3 nitrogen and oxygen atoms in total. The first-order chi connectivity index (χ1) is 5.76. The Bertz CT molecular complexity index is 192. The minimum absolute atomic E-state index is 0.271. The predicted octanol–water partition coefficient (Wildman–Crippen LogP) is 1.28. The van der Waals surface area contributed by atoms with Gasteiger partial charge in [-0.15, -0.1) is 0 Å². The summed E-state index contributed by atoms with van der Waals surface area (Å²) in [6, 6.07) is 0. The van der Waals surface area contributed by atoms with E-state index in [9.17, 15) is 4.79 Å². The molecule has 0 N–H and O–H groups in total. The van der Waals surface area contributed by atoms with E-state index in [-0.39, 0.29) is 5.97 Å². The van der Waals surface area contributed by atoms with Crippen LogP contribution >= 0.6 is 0 Å². The summed E-state index contributed by atoms with van der Waals surface area (Å²) < 4.78 is 9.59. The van der Waals surface area contributed by atoms with Crippen molar-refractivity contribution in [1.82, 2.24) is 0 Å². The minimum atomic E-state index is -0.271. The third-order valence-corrected chi connectivity index (χ3v) is 1.87. The van der Waals surface area contributed by atoms with Crippen LogP contribution < -0.4 is 0 Å². The van der Waals surface area contributed by atoms with Crippen LogP contribution in [-0.2, 0) is 14.3 Å². The molecule has 0 aromatic heterocycles. The van der Waals surface area contributed by atoms with Crippen LogP contribution in [0.2, 0.25) is 0 Å². The lowest BCUT2D eigenvalue weighted by Crippen LogP contribution is -1.98. The van der Waals surface area contributed by atoms with Gasteiger partial charge in [-0.05, 0) is 12.8 Å². The lowest BCUT2D eigenvalue weighted by Gasteiger charge is -2.00. The van der Waals surface area contributed by atoms with Gasteiger partial charge in [-0.2, -0.15) is 0 Å². The maximum absolute atomic E-state index is 10.8. The quantitative estimate of drug-likeness (QED) is 0.362. The minimum Gasteiger partial charge on any atom is -0.466 e. The summed E-state index contributed by atoms with van der Waals surface area (Å²) in [4.78, 5) is 10.8. The average Bonchev–Trinajstić information content (AvgIpc) is 2.86. The first-order valence-corrected chi connectivity index (χ1v) is 4.15. The van der Waals surface area contributed by atoms with E-state index in [1.807, 2.05) is 6.92 Å². The van der Waals surface area contributed by atoms with Crippen LogP contribution in [-0.4, -0.2) is 25.8 Å². The molecule has 0 radical (unpaired) electrons. The summed E-state index contributed by atoms with van der Waals surface area (Å²) in [7, 11) is 1.39. The molecule has 1 atom stereocenters. The Morgan fingerprint density at radius 1 is 1.75 bits per heavy atom. The summed E-state index contributed by atoms with van der Waals surface area (Å²) in [6.07, 6.45) is 3.66. The number of carbonyl (C=O) groups excluding carboxylic acids is 1. The second kappa shape index (κ2) is 4.26. The molecule has 0 amide bonds. The van der Waals surface area contributed by atoms with Gasteiger partial charge in [0.2, 0.25) is 0 Å². The van der Waals surface area contributed by atoms with E-state index >= 15 is 0 Å². The molecule has 0 aromatic carbocycles. The van der Waals surface area contributed by atoms with Gasteiger partial charge in [0.25, 0.3) is 0 Å². The van der Waals surface area contributed by atoms with Crippen molar-refractivity contribution in [3.05, 3.63) is 11.6 Å². The molecule has 0 spiro atoms. The molecule has 1 rings (SSSR count). The molecule has 0 saturated carbocycles. The topological polar surface area (TPSA) is 38.8 Å². The number of methoxy groups -OCH3 is 1. The van der Waals surface area contributed by atoms with Crippen LogP contribution in [0.25, 0.3) is 0 Å². The highest BCUT2D eigenvalue weighted by molar-refractivity contribution is 5.82. The van der Waals surface area contributed by atoms with Crippen LogP contribution in [0.4, 0.5) is 0 Å². The first kappa shape index (κ1) is 9.26. The largest absolute Gasteiger partial charge is 0.466 e. The number of rotatable bonds is 4. The second-order valence-electron chi connectivity index (χ2n) is 2.84. The van der Waals surface area contributed by atoms with Gasteiger partial charge >= 0.3 is 5.97 Å². The van der Waals surface area contributed by atoms with Gasteiger partial charge < -0.3 is 9.47 Å². The zero-order valence-corrected chi connectivity index (χ0v) is 7.50. The Kier molecular flexibility index (Phi) is 3.29. The maximum atomic E-state index is 10.8. The standard InChI is InChI=1S/C9H14O3/c1-3-7(4-8-6-12-8)5-9(10)11-2/h5,8H,3-4,6H2,1-2H3. The summed E-state index contributed by atoms with van der Waals surface area (Å²) in [5.74, 6) is -0.271. The van der Waals surface area contributed by atoms with Crippen molar-refractivity contribution in [1.29, 1.82) is 0 Å². The number of carbonyl (C=O) groups is 1. The van der Waals surface area contributed by atoms with Crippen LogP contribution in [0.5, 0.6) is 0 Å². The van der Waals surface area contributed by atoms with Crippen molar-refractivity contribution < 1.29 is 14.3 Å². The van der Waals surface area contributed by atoms with Crippen LogP contribution in [0.15, 0.2) is 11.6 Å². The van der Waals surface area contributed by atoms with Gasteiger partial charge in [0.15, 0.2) is 0 Å². The van der Waals surface area contributed by atoms with Crippen molar-refractivity contribution in [2.45, 2.75) is 25.9 Å². The fraction of sp³-hybridized carbons (Fsp3) is 0.667. The molecule has 1 saturated heterocycles. The molecule has 1 heterocycles. The molecule has 0 aromatic rings. The van der Waals surface area contributed by atoms with Crippen molar-refractivity contribution in [2.24, 2.45) is 0 Å². The van der Waals surface area contributed by atoms with Crippen molar-refractivity contribution in [3.63, 3.8) is 0 Å². The fourth-order valence-corrected chi connectivity index (χ4v) is 1.01. The zero-order valence-electron chi connectivity index (χ0n) is 7.50. The molecule has 1 unspecified atom stereocenters. The molecule has 0 aliphatic carbocycles. The Morgan fingerprint density at radius 2 is 2.42 bits per heavy atom. The average molecular weight is 170 g/mol. The highest BCUT2D eigenvalue weighted by atomic mass is 16.6. The summed E-state index contributed by atoms with van der Waals surface area (Å²) in [5.41, 5.74) is 1.10. The summed E-state index contributed by atoms with van der Waals surface area (Å²) in [5, 5.41) is 0. The van der Waals surface area contributed by atoms with Crippen LogP contribution in [0.1, 0.15) is 19.8 Å². The number of epoxide rings is 1. The Balaban J connectivity index is 2.40. The van der Waals surface area contributed by atoms with E-state index in [4.69, 9.17) is 4.74 Å². The molecule has 68 valence electrons. The third kappa shape index (κ3) is 3.05. The Hall–Kier alpha value is -0.830. The molecular weight excluding hydrogens is 156 g/mol. The van der Waals surface area contributed by atoms with Crippen molar-refractivity contribution >= 4 is 5.97 Å². The number of esters is 1.